The van der Waals surface area contributed by atoms with Crippen LogP contribution in [0.5, 0.6) is 0 Å². The first-order chi connectivity index (χ1) is 9.72. The summed E-state index contributed by atoms with van der Waals surface area (Å²) in [6.07, 6.45) is 5.43. The van der Waals surface area contributed by atoms with Gasteiger partial charge in [0.15, 0.2) is 0 Å². The fraction of sp³-hybridized carbons (Fsp3) is 0.733. The van der Waals surface area contributed by atoms with E-state index in [1.54, 1.807) is 6.33 Å². The van der Waals surface area contributed by atoms with Crippen LogP contribution < -0.4 is 10.6 Å². The minimum atomic E-state index is 0.411. The maximum absolute atomic E-state index is 4.46. The zero-order valence-corrected chi connectivity index (χ0v) is 13.6. The Morgan fingerprint density at radius 2 is 2.05 bits per heavy atom. The molecule has 1 aliphatic heterocycles. The highest BCUT2D eigenvalue weighted by atomic mass is 32.2. The zero-order chi connectivity index (χ0) is 14.4. The molecule has 1 aromatic rings. The summed E-state index contributed by atoms with van der Waals surface area (Å²) < 4.78 is 0. The Morgan fingerprint density at radius 3 is 2.65 bits per heavy atom. The van der Waals surface area contributed by atoms with Crippen molar-refractivity contribution in [1.82, 2.24) is 9.97 Å². The van der Waals surface area contributed by atoms with Gasteiger partial charge in [-0.05, 0) is 30.9 Å². The van der Waals surface area contributed by atoms with Gasteiger partial charge in [0.2, 0.25) is 0 Å². The molecular formula is C15H26N4S. The lowest BCUT2D eigenvalue weighted by molar-refractivity contribution is 0.794. The molecule has 1 aliphatic rings. The highest BCUT2D eigenvalue weighted by molar-refractivity contribution is 8.00. The second-order valence-electron chi connectivity index (χ2n) is 5.58. The molecule has 0 radical (unpaired) electrons. The van der Waals surface area contributed by atoms with Gasteiger partial charge in [-0.15, -0.1) is 0 Å². The molecule has 4 nitrogen and oxygen atoms in total. The van der Waals surface area contributed by atoms with E-state index in [2.05, 4.69) is 53.1 Å². The van der Waals surface area contributed by atoms with Gasteiger partial charge in [0.1, 0.15) is 18.0 Å². The van der Waals surface area contributed by atoms with Crippen molar-refractivity contribution in [2.75, 3.05) is 29.5 Å². The van der Waals surface area contributed by atoms with Crippen LogP contribution in [0.1, 0.15) is 51.5 Å². The number of rotatable bonds is 7. The van der Waals surface area contributed by atoms with E-state index in [0.29, 0.717) is 5.92 Å². The minimum Gasteiger partial charge on any atom is -0.370 e. The van der Waals surface area contributed by atoms with Gasteiger partial charge in [-0.2, -0.15) is 11.8 Å². The molecule has 0 aromatic carbocycles. The third-order valence-electron chi connectivity index (χ3n) is 3.52. The Balaban J connectivity index is 2.09. The minimum absolute atomic E-state index is 0.411. The first-order valence-corrected chi connectivity index (χ1v) is 8.71. The van der Waals surface area contributed by atoms with Crippen molar-refractivity contribution in [3.8, 4) is 0 Å². The van der Waals surface area contributed by atoms with Crippen LogP contribution in [0.15, 0.2) is 6.33 Å². The van der Waals surface area contributed by atoms with Crippen LogP contribution in [0.2, 0.25) is 0 Å². The third-order valence-corrected chi connectivity index (χ3v) is 4.92. The Labute approximate surface area is 126 Å². The van der Waals surface area contributed by atoms with E-state index in [9.17, 15) is 0 Å². The maximum atomic E-state index is 4.46. The van der Waals surface area contributed by atoms with Gasteiger partial charge >= 0.3 is 0 Å². The summed E-state index contributed by atoms with van der Waals surface area (Å²) in [7, 11) is 0. The highest BCUT2D eigenvalue weighted by Gasteiger charge is 2.18. The smallest absolute Gasteiger partial charge is 0.135 e. The fourth-order valence-electron chi connectivity index (χ4n) is 2.48. The molecule has 1 atom stereocenters. The van der Waals surface area contributed by atoms with Crippen molar-refractivity contribution < 1.29 is 0 Å². The van der Waals surface area contributed by atoms with Crippen molar-refractivity contribution >= 4 is 23.4 Å². The van der Waals surface area contributed by atoms with Crippen LogP contribution in [-0.2, 0) is 0 Å². The average Bonchev–Trinajstić information content (AvgIpc) is 2.95. The monoisotopic (exact) mass is 294 g/mol. The Morgan fingerprint density at radius 1 is 1.30 bits per heavy atom. The van der Waals surface area contributed by atoms with Gasteiger partial charge < -0.3 is 10.6 Å². The normalized spacial score (nSPS) is 18.5. The predicted molar refractivity (Wildman–Crippen MR) is 88.9 cm³/mol. The summed E-state index contributed by atoms with van der Waals surface area (Å²) in [5.41, 5.74) is 1.21. The van der Waals surface area contributed by atoms with E-state index in [1.807, 2.05) is 0 Å². The van der Waals surface area contributed by atoms with E-state index in [0.717, 1.165) is 36.4 Å². The fourth-order valence-corrected chi connectivity index (χ4v) is 3.68. The quantitative estimate of drug-likeness (QED) is 0.802. The van der Waals surface area contributed by atoms with E-state index in [-0.39, 0.29) is 0 Å². The van der Waals surface area contributed by atoms with Crippen molar-refractivity contribution in [1.29, 1.82) is 0 Å². The summed E-state index contributed by atoms with van der Waals surface area (Å²) in [5.74, 6) is 3.70. The van der Waals surface area contributed by atoms with Crippen molar-refractivity contribution in [3.63, 3.8) is 0 Å². The lowest BCUT2D eigenvalue weighted by Crippen LogP contribution is -2.17. The zero-order valence-electron chi connectivity index (χ0n) is 12.8. The highest BCUT2D eigenvalue weighted by Crippen LogP contribution is 2.30. The standard InChI is InChI=1S/C15H26N4S/c1-4-7-16-14-13(11(2)3)15(19-10-18-14)17-9-12-6-5-8-20-12/h10-12H,4-9H2,1-3H3,(H2,16,17,18,19). The molecule has 2 rings (SSSR count). The van der Waals surface area contributed by atoms with Crippen LogP contribution >= 0.6 is 11.8 Å². The molecule has 1 saturated heterocycles. The molecular weight excluding hydrogens is 268 g/mol. The van der Waals surface area contributed by atoms with E-state index < -0.39 is 0 Å². The molecule has 0 spiro atoms. The number of nitrogens with one attached hydrogen (secondary N) is 2. The van der Waals surface area contributed by atoms with Gasteiger partial charge in [0, 0.05) is 23.9 Å². The van der Waals surface area contributed by atoms with Crippen LogP contribution in [0.3, 0.4) is 0 Å². The number of anilines is 2. The molecule has 1 aromatic heterocycles. The van der Waals surface area contributed by atoms with Crippen molar-refractivity contribution in [3.05, 3.63) is 11.9 Å². The molecule has 2 N–H and O–H groups in total. The molecule has 0 amide bonds. The number of nitrogens with zero attached hydrogens (tertiary/aromatic N) is 2. The molecule has 1 fully saturated rings. The lowest BCUT2D eigenvalue weighted by Gasteiger charge is -2.19. The molecule has 0 bridgehead atoms. The number of hydrogen-bond donors (Lipinski definition) is 2. The Bertz CT molecular complexity index is 416. The summed E-state index contributed by atoms with van der Waals surface area (Å²) >= 11 is 2.07. The summed E-state index contributed by atoms with van der Waals surface area (Å²) in [6, 6.07) is 0. The number of thioether (sulfide) groups is 1. The lowest BCUT2D eigenvalue weighted by atomic mass is 10.0. The second kappa shape index (κ2) is 7.72. The molecule has 0 aliphatic carbocycles. The summed E-state index contributed by atoms with van der Waals surface area (Å²) in [5, 5.41) is 7.69. The van der Waals surface area contributed by atoms with E-state index in [1.165, 1.54) is 24.2 Å². The van der Waals surface area contributed by atoms with Gasteiger partial charge in [0.05, 0.1) is 0 Å². The Kier molecular flexibility index (Phi) is 5.95. The Hall–Kier alpha value is -0.970. The van der Waals surface area contributed by atoms with Gasteiger partial charge in [-0.3, -0.25) is 0 Å². The van der Waals surface area contributed by atoms with Crippen LogP contribution in [0, 0.1) is 0 Å². The maximum Gasteiger partial charge on any atom is 0.135 e. The third kappa shape index (κ3) is 4.01. The largest absolute Gasteiger partial charge is 0.370 e. The van der Waals surface area contributed by atoms with Gasteiger partial charge in [0.25, 0.3) is 0 Å². The average molecular weight is 294 g/mol. The first-order valence-electron chi connectivity index (χ1n) is 7.66. The van der Waals surface area contributed by atoms with Crippen LogP contribution in [0.25, 0.3) is 0 Å². The van der Waals surface area contributed by atoms with Gasteiger partial charge in [-0.25, -0.2) is 9.97 Å². The molecule has 112 valence electrons. The van der Waals surface area contributed by atoms with E-state index in [4.69, 9.17) is 0 Å². The molecule has 5 heteroatoms. The number of hydrogen-bond acceptors (Lipinski definition) is 5. The van der Waals surface area contributed by atoms with Crippen molar-refractivity contribution in [2.45, 2.75) is 51.2 Å². The van der Waals surface area contributed by atoms with E-state index >= 15 is 0 Å². The molecule has 2 heterocycles. The summed E-state index contributed by atoms with van der Waals surface area (Å²) in [6.45, 7) is 8.53. The topological polar surface area (TPSA) is 49.8 Å². The molecule has 0 saturated carbocycles. The van der Waals surface area contributed by atoms with Crippen LogP contribution in [-0.4, -0.2) is 34.1 Å². The molecule has 20 heavy (non-hydrogen) atoms. The summed E-state index contributed by atoms with van der Waals surface area (Å²) in [4.78, 5) is 8.87. The molecule has 1 unspecified atom stereocenters. The SMILES string of the molecule is CCCNc1ncnc(NCC2CCCS2)c1C(C)C. The van der Waals surface area contributed by atoms with Crippen molar-refractivity contribution in [2.24, 2.45) is 0 Å². The first kappa shape index (κ1) is 15.4. The predicted octanol–water partition coefficient (Wildman–Crippen LogP) is 3.73. The second-order valence-corrected chi connectivity index (χ2v) is 6.99. The number of aromatic nitrogens is 2. The van der Waals surface area contributed by atoms with Crippen LogP contribution in [0.4, 0.5) is 11.6 Å². The van der Waals surface area contributed by atoms with Gasteiger partial charge in [-0.1, -0.05) is 20.8 Å².